The molecule has 25 heavy (non-hydrogen) atoms. The minimum atomic E-state index is -1.07. The fraction of sp³-hybridized carbons (Fsp3) is 0.905. The molecule has 0 aromatic carbocycles. The molecule has 0 amide bonds. The van der Waals surface area contributed by atoms with E-state index in [0.717, 1.165) is 32.1 Å². The fourth-order valence-electron chi connectivity index (χ4n) is 6.78. The Balaban J connectivity index is 1.91. The van der Waals surface area contributed by atoms with Gasteiger partial charge in [0, 0.05) is 18.6 Å². The van der Waals surface area contributed by atoms with Gasteiger partial charge in [-0.25, -0.2) is 0 Å². The molecule has 3 aliphatic carbocycles. The van der Waals surface area contributed by atoms with Crippen LogP contribution in [0.3, 0.4) is 0 Å². The molecule has 3 fully saturated rings. The zero-order valence-corrected chi connectivity index (χ0v) is 15.6. The average Bonchev–Trinajstić information content (AvgIpc) is 2.88. The first kappa shape index (κ1) is 19.2. The second-order valence-electron chi connectivity index (χ2n) is 9.37. The second-order valence-corrected chi connectivity index (χ2v) is 9.37. The molecular weight excluding hydrogens is 316 g/mol. The van der Waals surface area contributed by atoms with E-state index in [-0.39, 0.29) is 47.9 Å². The quantitative estimate of drug-likeness (QED) is 0.587. The normalized spacial score (nSPS) is 53.2. The van der Waals surface area contributed by atoms with Gasteiger partial charge in [0.05, 0.1) is 6.10 Å². The molecule has 0 saturated heterocycles. The summed E-state index contributed by atoms with van der Waals surface area (Å²) in [6.07, 6.45) is 10.9. The zero-order valence-electron chi connectivity index (χ0n) is 15.6. The lowest BCUT2D eigenvalue weighted by molar-refractivity contribution is -0.134. The van der Waals surface area contributed by atoms with E-state index in [1.165, 1.54) is 0 Å². The van der Waals surface area contributed by atoms with Crippen molar-refractivity contribution in [2.24, 2.45) is 34.5 Å². The molecule has 0 aliphatic heterocycles. The van der Waals surface area contributed by atoms with Crippen molar-refractivity contribution < 1.29 is 20.4 Å². The van der Waals surface area contributed by atoms with Crippen LogP contribution in [0.25, 0.3) is 0 Å². The van der Waals surface area contributed by atoms with Crippen LogP contribution in [0.2, 0.25) is 0 Å². The lowest BCUT2D eigenvalue weighted by atomic mass is 9.48. The lowest BCUT2D eigenvalue weighted by Crippen LogP contribution is -2.55. The van der Waals surface area contributed by atoms with Gasteiger partial charge in [0.2, 0.25) is 0 Å². The highest BCUT2D eigenvalue weighted by molar-refractivity contribution is 5.23. The first-order valence-electron chi connectivity index (χ1n) is 9.85. The van der Waals surface area contributed by atoms with Crippen molar-refractivity contribution in [1.29, 1.82) is 0 Å². The number of aliphatic hydroxyl groups excluding tert-OH is 3. The van der Waals surface area contributed by atoms with E-state index in [1.807, 2.05) is 0 Å². The van der Waals surface area contributed by atoms with Crippen LogP contribution >= 0.6 is 0 Å². The topological polar surface area (TPSA) is 80.9 Å². The Morgan fingerprint density at radius 3 is 2.28 bits per heavy atom. The van der Waals surface area contributed by atoms with Crippen molar-refractivity contribution in [2.75, 3.05) is 13.2 Å². The lowest BCUT2D eigenvalue weighted by Gasteiger charge is -2.57. The highest BCUT2D eigenvalue weighted by Crippen LogP contribution is 2.64. The van der Waals surface area contributed by atoms with Crippen molar-refractivity contribution in [1.82, 2.24) is 0 Å². The van der Waals surface area contributed by atoms with E-state index in [4.69, 9.17) is 6.42 Å². The maximum atomic E-state index is 11.0. The first-order valence-corrected chi connectivity index (χ1v) is 9.85. The van der Waals surface area contributed by atoms with E-state index < -0.39 is 5.60 Å². The third kappa shape index (κ3) is 2.67. The van der Waals surface area contributed by atoms with E-state index in [2.05, 4.69) is 19.8 Å². The second kappa shape index (κ2) is 6.53. The van der Waals surface area contributed by atoms with Gasteiger partial charge in [-0.1, -0.05) is 19.8 Å². The minimum Gasteiger partial charge on any atom is -0.396 e. The van der Waals surface area contributed by atoms with Gasteiger partial charge < -0.3 is 20.4 Å². The maximum Gasteiger partial charge on any atom is 0.130 e. The van der Waals surface area contributed by atoms with Crippen molar-refractivity contribution in [3.63, 3.8) is 0 Å². The molecule has 3 saturated carbocycles. The predicted octanol–water partition coefficient (Wildman–Crippen LogP) is 1.95. The fourth-order valence-corrected chi connectivity index (χ4v) is 6.78. The predicted molar refractivity (Wildman–Crippen MR) is 96.5 cm³/mol. The highest BCUT2D eigenvalue weighted by Gasteiger charge is 2.63. The van der Waals surface area contributed by atoms with Gasteiger partial charge in [-0.05, 0) is 74.0 Å². The molecule has 4 N–H and O–H groups in total. The van der Waals surface area contributed by atoms with Crippen LogP contribution in [0.5, 0.6) is 0 Å². The van der Waals surface area contributed by atoms with E-state index in [9.17, 15) is 20.4 Å². The molecule has 0 unspecified atom stereocenters. The summed E-state index contributed by atoms with van der Waals surface area (Å²) in [7, 11) is 0. The monoisotopic (exact) mass is 350 g/mol. The van der Waals surface area contributed by atoms with E-state index in [1.54, 1.807) is 0 Å². The van der Waals surface area contributed by atoms with Crippen LogP contribution in [0.4, 0.5) is 0 Å². The first-order chi connectivity index (χ1) is 11.8. The van der Waals surface area contributed by atoms with Crippen molar-refractivity contribution in [3.05, 3.63) is 0 Å². The molecule has 3 rings (SSSR count). The van der Waals surface area contributed by atoms with Gasteiger partial charge in [0.25, 0.3) is 0 Å². The third-order valence-corrected chi connectivity index (χ3v) is 8.61. The summed E-state index contributed by atoms with van der Waals surface area (Å²) in [4.78, 5) is 0. The Kier molecular flexibility index (Phi) is 5.01. The van der Waals surface area contributed by atoms with Crippen molar-refractivity contribution >= 4 is 0 Å². The van der Waals surface area contributed by atoms with Gasteiger partial charge in [0.1, 0.15) is 5.60 Å². The summed E-state index contributed by atoms with van der Waals surface area (Å²) in [5.41, 5.74) is -1.50. The molecule has 0 radical (unpaired) electrons. The number of terminal acetylenes is 1. The molecule has 0 bridgehead atoms. The van der Waals surface area contributed by atoms with Crippen LogP contribution in [-0.4, -0.2) is 45.3 Å². The van der Waals surface area contributed by atoms with Crippen molar-refractivity contribution in [3.8, 4) is 12.3 Å². The number of hydrogen-bond donors (Lipinski definition) is 4. The Morgan fingerprint density at radius 1 is 1.00 bits per heavy atom. The number of aliphatic hydroxyl groups is 4. The Hall–Kier alpha value is -0.600. The molecule has 142 valence electrons. The largest absolute Gasteiger partial charge is 0.396 e. The highest BCUT2D eigenvalue weighted by atomic mass is 16.3. The number of rotatable bonds is 3. The standard InChI is InChI=1S/C21H34O4/c1-4-21(25)10-7-18-16(13-23)17(6-9-20(18,21)3)19(2)8-5-15(24)11-14(19)12-22/h1,14-18,22-25H,5-13H2,2-3H3/t14-,15+,16-,17+,18+,19-,20+,21+/m1/s1. The molecule has 4 nitrogen and oxygen atoms in total. The van der Waals surface area contributed by atoms with Crippen LogP contribution in [0, 0.1) is 46.8 Å². The molecule has 3 aliphatic rings. The molecule has 0 spiro atoms. The van der Waals surface area contributed by atoms with Gasteiger partial charge in [0.15, 0.2) is 0 Å². The van der Waals surface area contributed by atoms with Crippen LogP contribution in [-0.2, 0) is 0 Å². The molecule has 0 aromatic heterocycles. The van der Waals surface area contributed by atoms with Gasteiger partial charge in [-0.15, -0.1) is 6.42 Å². The molecule has 0 heterocycles. The number of fused-ring (bicyclic) bond motifs is 1. The third-order valence-electron chi connectivity index (χ3n) is 8.61. The van der Waals surface area contributed by atoms with Crippen LogP contribution < -0.4 is 0 Å². The van der Waals surface area contributed by atoms with E-state index in [0.29, 0.717) is 18.8 Å². The van der Waals surface area contributed by atoms with Gasteiger partial charge >= 0.3 is 0 Å². The van der Waals surface area contributed by atoms with E-state index >= 15 is 0 Å². The average molecular weight is 350 g/mol. The summed E-state index contributed by atoms with van der Waals surface area (Å²) < 4.78 is 0. The summed E-state index contributed by atoms with van der Waals surface area (Å²) in [6.45, 7) is 4.51. The SMILES string of the molecule is C#C[C@]1(O)CC[C@H]2[C@H](CO)[C@@H]([C@]3(C)CC[C@H](O)C[C@@H]3CO)CC[C@@]21C. The van der Waals surface area contributed by atoms with Gasteiger partial charge in [-0.3, -0.25) is 0 Å². The van der Waals surface area contributed by atoms with Crippen LogP contribution in [0.1, 0.15) is 58.8 Å². The Labute approximate surface area is 151 Å². The Bertz CT molecular complexity index is 543. The van der Waals surface area contributed by atoms with Crippen LogP contribution in [0.15, 0.2) is 0 Å². The minimum absolute atomic E-state index is 0.0626. The number of hydrogen-bond acceptors (Lipinski definition) is 4. The summed E-state index contributed by atoms with van der Waals surface area (Å²) >= 11 is 0. The molecule has 8 atom stereocenters. The van der Waals surface area contributed by atoms with Gasteiger partial charge in [-0.2, -0.15) is 0 Å². The summed E-state index contributed by atoms with van der Waals surface area (Å²) in [5.74, 6) is 3.31. The molecule has 4 heteroatoms. The molecule has 0 aromatic rings. The molecular formula is C21H34O4. The summed E-state index contributed by atoms with van der Waals surface area (Å²) in [5, 5.41) is 41.2. The maximum absolute atomic E-state index is 11.0. The smallest absolute Gasteiger partial charge is 0.130 e. The van der Waals surface area contributed by atoms with Crippen molar-refractivity contribution in [2.45, 2.75) is 70.5 Å². The Morgan fingerprint density at radius 2 is 1.68 bits per heavy atom. The zero-order chi connectivity index (χ0) is 18.5. The summed E-state index contributed by atoms with van der Waals surface area (Å²) in [6, 6.07) is 0.